The number of amides is 3. The second-order valence-electron chi connectivity index (χ2n) is 7.67. The summed E-state index contributed by atoms with van der Waals surface area (Å²) >= 11 is 1.66. The van der Waals surface area contributed by atoms with Crippen LogP contribution in [0.2, 0.25) is 0 Å². The Hall–Kier alpha value is -3.20. The molecule has 2 aliphatic heterocycles. The zero-order valence-corrected chi connectivity index (χ0v) is 19.6. The molecule has 2 aromatic rings. The molecular formula is C24H26N2O6S. The third kappa shape index (κ3) is 4.25. The average Bonchev–Trinajstić information content (AvgIpc) is 3.42. The van der Waals surface area contributed by atoms with Gasteiger partial charge < -0.3 is 19.1 Å². The first kappa shape index (κ1) is 23.0. The van der Waals surface area contributed by atoms with Crippen molar-refractivity contribution in [3.05, 3.63) is 53.1 Å². The molecule has 33 heavy (non-hydrogen) atoms. The van der Waals surface area contributed by atoms with Crippen LogP contribution < -0.4 is 14.2 Å². The Kier molecular flexibility index (Phi) is 6.78. The molecule has 1 unspecified atom stereocenters. The molecule has 1 saturated heterocycles. The lowest BCUT2D eigenvalue weighted by atomic mass is 10.1. The number of fused-ring (bicyclic) bond motifs is 1. The molecule has 1 atom stereocenters. The van der Waals surface area contributed by atoms with Crippen LogP contribution in [0.3, 0.4) is 0 Å². The third-order valence-corrected chi connectivity index (χ3v) is 7.11. The van der Waals surface area contributed by atoms with Gasteiger partial charge in [-0.05, 0) is 24.6 Å². The first-order valence-electron chi connectivity index (χ1n) is 10.7. The third-order valence-electron chi connectivity index (χ3n) is 5.86. The van der Waals surface area contributed by atoms with E-state index in [0.717, 1.165) is 11.3 Å². The molecule has 0 N–H and O–H groups in total. The summed E-state index contributed by atoms with van der Waals surface area (Å²) in [5.74, 6) is 1.92. The van der Waals surface area contributed by atoms with Gasteiger partial charge in [0, 0.05) is 36.9 Å². The van der Waals surface area contributed by atoms with Crippen LogP contribution in [0.1, 0.15) is 44.5 Å². The Morgan fingerprint density at radius 2 is 1.58 bits per heavy atom. The van der Waals surface area contributed by atoms with E-state index >= 15 is 0 Å². The quantitative estimate of drug-likeness (QED) is 0.547. The molecular weight excluding hydrogens is 444 g/mol. The summed E-state index contributed by atoms with van der Waals surface area (Å²) in [7, 11) is 4.71. The Balaban J connectivity index is 1.43. The fraction of sp³-hybridized carbons (Fsp3) is 0.375. The smallest absolute Gasteiger partial charge is 0.261 e. The number of benzene rings is 2. The van der Waals surface area contributed by atoms with E-state index in [1.54, 1.807) is 63.4 Å². The number of imide groups is 1. The van der Waals surface area contributed by atoms with Crippen molar-refractivity contribution in [1.29, 1.82) is 0 Å². The zero-order chi connectivity index (χ0) is 23.5. The number of thioether (sulfide) groups is 1. The molecule has 174 valence electrons. The molecule has 0 aliphatic carbocycles. The average molecular weight is 471 g/mol. The summed E-state index contributed by atoms with van der Waals surface area (Å²) in [6.07, 6.45) is 0.640. The Bertz CT molecular complexity index is 1050. The Morgan fingerprint density at radius 3 is 2.18 bits per heavy atom. The highest BCUT2D eigenvalue weighted by Gasteiger charge is 2.36. The van der Waals surface area contributed by atoms with Gasteiger partial charge in [-0.2, -0.15) is 0 Å². The summed E-state index contributed by atoms with van der Waals surface area (Å²) < 4.78 is 16.4. The maximum atomic E-state index is 13.1. The van der Waals surface area contributed by atoms with Gasteiger partial charge in [0.25, 0.3) is 11.8 Å². The lowest BCUT2D eigenvalue weighted by molar-refractivity contribution is -0.131. The van der Waals surface area contributed by atoms with E-state index < -0.39 is 0 Å². The molecule has 4 rings (SSSR count). The molecule has 0 bridgehead atoms. The Morgan fingerprint density at radius 1 is 0.970 bits per heavy atom. The number of carbonyl (C=O) groups is 3. The summed E-state index contributed by atoms with van der Waals surface area (Å²) in [4.78, 5) is 41.2. The number of methoxy groups -OCH3 is 3. The molecule has 9 heteroatoms. The molecule has 0 spiro atoms. The predicted octanol–water partition coefficient (Wildman–Crippen LogP) is 3.36. The molecule has 2 heterocycles. The summed E-state index contributed by atoms with van der Waals surface area (Å²) in [5, 5.41) is -0.216. The lowest BCUT2D eigenvalue weighted by Gasteiger charge is -2.26. The highest BCUT2D eigenvalue weighted by molar-refractivity contribution is 7.99. The number of carbonyl (C=O) groups excluding carboxylic acids is 3. The number of hydrogen-bond donors (Lipinski definition) is 0. The first-order chi connectivity index (χ1) is 16.0. The minimum atomic E-state index is -0.298. The second kappa shape index (κ2) is 9.74. The van der Waals surface area contributed by atoms with Crippen LogP contribution in [0, 0.1) is 0 Å². The molecule has 2 aliphatic rings. The molecule has 0 aromatic heterocycles. The van der Waals surface area contributed by atoms with E-state index in [-0.39, 0.29) is 36.1 Å². The van der Waals surface area contributed by atoms with Gasteiger partial charge in [0.05, 0.1) is 32.5 Å². The van der Waals surface area contributed by atoms with Crippen molar-refractivity contribution in [1.82, 2.24) is 9.80 Å². The van der Waals surface area contributed by atoms with Gasteiger partial charge in [-0.1, -0.05) is 12.1 Å². The van der Waals surface area contributed by atoms with Gasteiger partial charge in [-0.3, -0.25) is 19.3 Å². The van der Waals surface area contributed by atoms with Crippen molar-refractivity contribution in [2.24, 2.45) is 0 Å². The minimum absolute atomic E-state index is 0.0292. The highest BCUT2D eigenvalue weighted by Crippen LogP contribution is 2.46. The number of ether oxygens (including phenoxy) is 3. The molecule has 0 saturated carbocycles. The van der Waals surface area contributed by atoms with Crippen molar-refractivity contribution in [2.45, 2.75) is 18.2 Å². The second-order valence-corrected chi connectivity index (χ2v) is 8.86. The molecule has 3 amide bonds. The molecule has 0 radical (unpaired) electrons. The molecule has 1 fully saturated rings. The van der Waals surface area contributed by atoms with Crippen LogP contribution in [-0.2, 0) is 4.79 Å². The van der Waals surface area contributed by atoms with Crippen molar-refractivity contribution in [2.75, 3.05) is 40.2 Å². The zero-order valence-electron chi connectivity index (χ0n) is 18.8. The van der Waals surface area contributed by atoms with Crippen LogP contribution in [0.15, 0.2) is 36.4 Å². The van der Waals surface area contributed by atoms with Crippen LogP contribution >= 0.6 is 11.8 Å². The van der Waals surface area contributed by atoms with Crippen LogP contribution in [0.25, 0.3) is 0 Å². The predicted molar refractivity (Wildman–Crippen MR) is 124 cm³/mol. The largest absolute Gasteiger partial charge is 0.496 e. The van der Waals surface area contributed by atoms with Crippen molar-refractivity contribution >= 4 is 29.5 Å². The van der Waals surface area contributed by atoms with E-state index in [4.69, 9.17) is 14.2 Å². The van der Waals surface area contributed by atoms with Gasteiger partial charge in [0.15, 0.2) is 11.5 Å². The van der Waals surface area contributed by atoms with E-state index in [2.05, 4.69) is 0 Å². The van der Waals surface area contributed by atoms with Crippen molar-refractivity contribution in [3.8, 4) is 17.2 Å². The maximum Gasteiger partial charge on any atom is 0.261 e. The van der Waals surface area contributed by atoms with Crippen molar-refractivity contribution < 1.29 is 28.6 Å². The SMILES string of the molecule is COc1cc(OC)c(C2SCCN2C(=O)CCCN2C(=O)c3ccccc3C2=O)cc1OC. The number of nitrogens with zero attached hydrogens (tertiary/aromatic N) is 2. The summed E-state index contributed by atoms with van der Waals surface area (Å²) in [6.45, 7) is 0.822. The number of hydrogen-bond acceptors (Lipinski definition) is 7. The van der Waals surface area contributed by atoms with Crippen LogP contribution in [0.5, 0.6) is 17.2 Å². The minimum Gasteiger partial charge on any atom is -0.496 e. The van der Waals surface area contributed by atoms with Crippen LogP contribution in [0.4, 0.5) is 0 Å². The van der Waals surface area contributed by atoms with Gasteiger partial charge in [-0.15, -0.1) is 11.8 Å². The first-order valence-corrected chi connectivity index (χ1v) is 11.7. The van der Waals surface area contributed by atoms with Gasteiger partial charge in [0.2, 0.25) is 5.91 Å². The van der Waals surface area contributed by atoms with Crippen molar-refractivity contribution in [3.63, 3.8) is 0 Å². The number of rotatable bonds is 8. The maximum absolute atomic E-state index is 13.1. The van der Waals surface area contributed by atoms with E-state index in [9.17, 15) is 14.4 Å². The molecule has 2 aromatic carbocycles. The van der Waals surface area contributed by atoms with Gasteiger partial charge >= 0.3 is 0 Å². The van der Waals surface area contributed by atoms with E-state index in [1.807, 2.05) is 11.0 Å². The topological polar surface area (TPSA) is 85.4 Å². The van der Waals surface area contributed by atoms with Gasteiger partial charge in [-0.25, -0.2) is 0 Å². The lowest BCUT2D eigenvalue weighted by Crippen LogP contribution is -2.33. The normalized spacial score (nSPS) is 17.4. The monoisotopic (exact) mass is 470 g/mol. The van der Waals surface area contributed by atoms with E-state index in [0.29, 0.717) is 41.3 Å². The summed E-state index contributed by atoms with van der Waals surface area (Å²) in [6, 6.07) is 10.4. The highest BCUT2D eigenvalue weighted by atomic mass is 32.2. The summed E-state index contributed by atoms with van der Waals surface area (Å²) in [5.41, 5.74) is 1.68. The van der Waals surface area contributed by atoms with Gasteiger partial charge in [0.1, 0.15) is 11.1 Å². The van der Waals surface area contributed by atoms with E-state index in [1.165, 1.54) is 4.90 Å². The Labute approximate surface area is 196 Å². The molecule has 8 nitrogen and oxygen atoms in total. The van der Waals surface area contributed by atoms with Crippen LogP contribution in [-0.4, -0.2) is 67.7 Å². The standard InChI is InChI=1S/C24H26N2O6S/c1-30-18-14-20(32-3)19(31-2)13-17(18)24-25(11-12-33-24)21(27)9-6-10-26-22(28)15-7-4-5-8-16(15)23(26)29/h4-5,7-8,13-14,24H,6,9-12H2,1-3H3. The fourth-order valence-corrected chi connectivity index (χ4v) is 5.50. The fourth-order valence-electron chi connectivity index (χ4n) is 4.20.